The highest BCUT2D eigenvalue weighted by Crippen LogP contribution is 2.41. The molecule has 19 heavy (non-hydrogen) atoms. The van der Waals surface area contributed by atoms with E-state index in [9.17, 15) is 4.79 Å². The summed E-state index contributed by atoms with van der Waals surface area (Å²) < 4.78 is 5.07. The molecule has 2 atom stereocenters. The SMILES string of the molecule is CCOC(=O)CC(C)C(c1ccccc1)C(C)(C)C. The topological polar surface area (TPSA) is 26.3 Å². The van der Waals surface area contributed by atoms with Crippen LogP contribution in [0.25, 0.3) is 0 Å². The molecule has 0 aliphatic carbocycles. The lowest BCUT2D eigenvalue weighted by Crippen LogP contribution is -2.26. The molecule has 0 saturated heterocycles. The van der Waals surface area contributed by atoms with Gasteiger partial charge in [-0.05, 0) is 29.7 Å². The number of carbonyl (C=O) groups is 1. The first-order valence-corrected chi connectivity index (χ1v) is 7.06. The zero-order valence-corrected chi connectivity index (χ0v) is 12.8. The smallest absolute Gasteiger partial charge is 0.306 e. The van der Waals surface area contributed by atoms with Gasteiger partial charge < -0.3 is 4.74 Å². The molecule has 0 bridgehead atoms. The number of hydrogen-bond donors (Lipinski definition) is 0. The first kappa shape index (κ1) is 15.7. The highest BCUT2D eigenvalue weighted by molar-refractivity contribution is 5.69. The van der Waals surface area contributed by atoms with Crippen LogP contribution >= 0.6 is 0 Å². The van der Waals surface area contributed by atoms with Crippen molar-refractivity contribution in [1.82, 2.24) is 0 Å². The third-order valence-electron chi connectivity index (χ3n) is 3.45. The van der Waals surface area contributed by atoms with E-state index in [1.165, 1.54) is 5.56 Å². The van der Waals surface area contributed by atoms with Gasteiger partial charge in [0, 0.05) is 6.42 Å². The maximum atomic E-state index is 11.7. The standard InChI is InChI=1S/C17H26O2/c1-6-19-15(18)12-13(2)16(17(3,4)5)14-10-8-7-9-11-14/h7-11,13,16H,6,12H2,1-5H3. The van der Waals surface area contributed by atoms with Gasteiger partial charge in [-0.15, -0.1) is 0 Å². The van der Waals surface area contributed by atoms with Gasteiger partial charge in [-0.25, -0.2) is 0 Å². The van der Waals surface area contributed by atoms with Gasteiger partial charge in [-0.2, -0.15) is 0 Å². The molecule has 0 amide bonds. The van der Waals surface area contributed by atoms with Crippen LogP contribution in [0.4, 0.5) is 0 Å². The fourth-order valence-electron chi connectivity index (χ4n) is 2.94. The van der Waals surface area contributed by atoms with Gasteiger partial charge in [0.2, 0.25) is 0 Å². The molecule has 1 aromatic carbocycles. The molecule has 1 rings (SSSR count). The average Bonchev–Trinajstić information content (AvgIpc) is 2.28. The molecular weight excluding hydrogens is 236 g/mol. The molecule has 2 unspecified atom stereocenters. The third kappa shape index (κ3) is 4.70. The van der Waals surface area contributed by atoms with Crippen LogP contribution in [0.3, 0.4) is 0 Å². The fourth-order valence-corrected chi connectivity index (χ4v) is 2.94. The molecule has 106 valence electrons. The van der Waals surface area contributed by atoms with Crippen LogP contribution in [-0.4, -0.2) is 12.6 Å². The molecule has 1 aromatic rings. The largest absolute Gasteiger partial charge is 0.466 e. The van der Waals surface area contributed by atoms with Crippen molar-refractivity contribution >= 4 is 5.97 Å². The monoisotopic (exact) mass is 262 g/mol. The summed E-state index contributed by atoms with van der Waals surface area (Å²) in [6.45, 7) is 11.1. The minimum absolute atomic E-state index is 0.0971. The van der Waals surface area contributed by atoms with E-state index < -0.39 is 0 Å². The Labute approximate surface area is 117 Å². The zero-order chi connectivity index (χ0) is 14.5. The Morgan fingerprint density at radius 2 is 1.79 bits per heavy atom. The van der Waals surface area contributed by atoms with Crippen molar-refractivity contribution in [2.24, 2.45) is 11.3 Å². The molecule has 0 heterocycles. The minimum Gasteiger partial charge on any atom is -0.466 e. The fraction of sp³-hybridized carbons (Fsp3) is 0.588. The van der Waals surface area contributed by atoms with E-state index in [0.717, 1.165) is 0 Å². The second kappa shape index (κ2) is 6.74. The van der Waals surface area contributed by atoms with Crippen LogP contribution in [0.1, 0.15) is 52.5 Å². The molecule has 0 radical (unpaired) electrons. The highest BCUT2D eigenvalue weighted by Gasteiger charge is 2.32. The van der Waals surface area contributed by atoms with Gasteiger partial charge in [-0.1, -0.05) is 58.0 Å². The minimum atomic E-state index is -0.0971. The molecule has 2 nitrogen and oxygen atoms in total. The van der Waals surface area contributed by atoms with E-state index in [-0.39, 0.29) is 17.3 Å². The van der Waals surface area contributed by atoms with E-state index in [1.807, 2.05) is 13.0 Å². The van der Waals surface area contributed by atoms with Crippen LogP contribution in [0.5, 0.6) is 0 Å². The molecule has 0 fully saturated rings. The van der Waals surface area contributed by atoms with Gasteiger partial charge in [0.15, 0.2) is 0 Å². The Hall–Kier alpha value is -1.31. The number of ether oxygens (including phenoxy) is 1. The lowest BCUT2D eigenvalue weighted by Gasteiger charge is -2.35. The molecule has 0 aliphatic rings. The summed E-state index contributed by atoms with van der Waals surface area (Å²) in [7, 11) is 0. The van der Waals surface area contributed by atoms with Crippen LogP contribution in [0.15, 0.2) is 30.3 Å². The second-order valence-electron chi connectivity index (χ2n) is 6.24. The molecule has 0 saturated carbocycles. The zero-order valence-electron chi connectivity index (χ0n) is 12.8. The first-order chi connectivity index (χ1) is 8.86. The maximum Gasteiger partial charge on any atom is 0.306 e. The van der Waals surface area contributed by atoms with Crippen molar-refractivity contribution in [3.8, 4) is 0 Å². The summed E-state index contributed by atoms with van der Waals surface area (Å²) in [5.74, 6) is 0.514. The molecule has 0 N–H and O–H groups in total. The Balaban J connectivity index is 2.90. The van der Waals surface area contributed by atoms with Crippen molar-refractivity contribution in [3.63, 3.8) is 0 Å². The van der Waals surface area contributed by atoms with Gasteiger partial charge in [0.1, 0.15) is 0 Å². The van der Waals surface area contributed by atoms with E-state index in [4.69, 9.17) is 4.74 Å². The highest BCUT2D eigenvalue weighted by atomic mass is 16.5. The van der Waals surface area contributed by atoms with Gasteiger partial charge in [0.25, 0.3) is 0 Å². The van der Waals surface area contributed by atoms with Crippen molar-refractivity contribution in [2.45, 2.75) is 47.0 Å². The summed E-state index contributed by atoms with van der Waals surface area (Å²) in [4.78, 5) is 11.7. The van der Waals surface area contributed by atoms with Crippen molar-refractivity contribution < 1.29 is 9.53 Å². The number of hydrogen-bond acceptors (Lipinski definition) is 2. The summed E-state index contributed by atoms with van der Waals surface area (Å²) in [6, 6.07) is 10.4. The lowest BCUT2D eigenvalue weighted by molar-refractivity contribution is -0.144. The summed E-state index contributed by atoms with van der Waals surface area (Å²) >= 11 is 0. The first-order valence-electron chi connectivity index (χ1n) is 7.06. The van der Waals surface area contributed by atoms with Crippen LogP contribution < -0.4 is 0 Å². The van der Waals surface area contributed by atoms with Gasteiger partial charge >= 0.3 is 5.97 Å². The van der Waals surface area contributed by atoms with Crippen molar-refractivity contribution in [1.29, 1.82) is 0 Å². The van der Waals surface area contributed by atoms with Crippen molar-refractivity contribution in [3.05, 3.63) is 35.9 Å². The summed E-state index contributed by atoms with van der Waals surface area (Å²) in [5, 5.41) is 0. The Morgan fingerprint density at radius 1 is 1.21 bits per heavy atom. The predicted molar refractivity (Wildman–Crippen MR) is 79.1 cm³/mol. The van der Waals surface area contributed by atoms with E-state index >= 15 is 0 Å². The third-order valence-corrected chi connectivity index (χ3v) is 3.45. The van der Waals surface area contributed by atoms with Crippen LogP contribution in [-0.2, 0) is 9.53 Å². The molecule has 0 spiro atoms. The number of carbonyl (C=O) groups excluding carboxylic acids is 1. The molecule has 0 aromatic heterocycles. The van der Waals surface area contributed by atoms with E-state index in [2.05, 4.69) is 52.0 Å². The molecular formula is C17H26O2. The van der Waals surface area contributed by atoms with Gasteiger partial charge in [-0.3, -0.25) is 4.79 Å². The van der Waals surface area contributed by atoms with Gasteiger partial charge in [0.05, 0.1) is 6.61 Å². The normalized spacial score (nSPS) is 14.8. The van der Waals surface area contributed by atoms with Crippen LogP contribution in [0.2, 0.25) is 0 Å². The second-order valence-corrected chi connectivity index (χ2v) is 6.24. The molecule has 2 heteroatoms. The molecule has 0 aliphatic heterocycles. The van der Waals surface area contributed by atoms with E-state index in [0.29, 0.717) is 18.9 Å². The van der Waals surface area contributed by atoms with E-state index in [1.54, 1.807) is 0 Å². The maximum absolute atomic E-state index is 11.7. The van der Waals surface area contributed by atoms with Crippen LogP contribution in [0, 0.1) is 11.3 Å². The summed E-state index contributed by atoms with van der Waals surface area (Å²) in [5.41, 5.74) is 1.42. The number of esters is 1. The van der Waals surface area contributed by atoms with Crippen molar-refractivity contribution in [2.75, 3.05) is 6.61 Å². The Bertz CT molecular complexity index is 389. The average molecular weight is 262 g/mol. The number of rotatable bonds is 5. The Morgan fingerprint density at radius 3 is 2.26 bits per heavy atom. The summed E-state index contributed by atoms with van der Waals surface area (Å²) in [6.07, 6.45) is 0.477. The quantitative estimate of drug-likeness (QED) is 0.735. The Kier molecular flexibility index (Phi) is 5.59. The predicted octanol–water partition coefficient (Wildman–Crippen LogP) is 4.41. The lowest BCUT2D eigenvalue weighted by atomic mass is 9.69. The number of benzene rings is 1.